The Morgan fingerprint density at radius 1 is 1.40 bits per heavy atom. The number of aromatic nitrogens is 3. The maximum Gasteiger partial charge on any atom is 0.234 e. The molecule has 0 saturated heterocycles. The van der Waals surface area contributed by atoms with Crippen LogP contribution >= 0.6 is 0 Å². The van der Waals surface area contributed by atoms with Crippen molar-refractivity contribution in [3.05, 3.63) is 36.2 Å². The maximum absolute atomic E-state index is 12.5. The van der Waals surface area contributed by atoms with Crippen molar-refractivity contribution in [3.8, 4) is 5.75 Å². The summed E-state index contributed by atoms with van der Waals surface area (Å²) >= 11 is 0. The normalized spacial score (nSPS) is 12.1. The van der Waals surface area contributed by atoms with Crippen molar-refractivity contribution in [1.29, 1.82) is 0 Å². The Labute approximate surface area is 118 Å². The van der Waals surface area contributed by atoms with Crippen LogP contribution < -0.4 is 4.74 Å². The van der Waals surface area contributed by atoms with Gasteiger partial charge in [-0.3, -0.25) is 4.40 Å². The van der Waals surface area contributed by atoms with Gasteiger partial charge in [-0.15, -0.1) is 0 Å². The predicted molar refractivity (Wildman–Crippen MR) is 76.6 cm³/mol. The number of aryl methyl sites for hydroxylation is 1. The number of hydrogen-bond donors (Lipinski definition) is 0. The summed E-state index contributed by atoms with van der Waals surface area (Å²) in [4.78, 5) is 8.70. The second kappa shape index (κ2) is 7.03. The summed E-state index contributed by atoms with van der Waals surface area (Å²) in [6.45, 7) is 4.30. The van der Waals surface area contributed by atoms with Crippen LogP contribution in [0.1, 0.15) is 38.8 Å². The second-order valence-corrected chi connectivity index (χ2v) is 4.74. The summed E-state index contributed by atoms with van der Waals surface area (Å²) in [5.74, 6) is 1.28. The van der Waals surface area contributed by atoms with Crippen molar-refractivity contribution in [2.75, 3.05) is 6.61 Å². The average molecular weight is 277 g/mol. The summed E-state index contributed by atoms with van der Waals surface area (Å²) in [5.41, 5.74) is 1.66. The summed E-state index contributed by atoms with van der Waals surface area (Å²) in [6.07, 6.45) is 9.88. The standard InChI is InChI=1S/C15H20FN3O/c1-3-5-6-13-9-19-10-14(8-17-15(19)18-13)20-11-12(4-2)7-16/h7-10H,3-6,11H2,1-2H3/b12-7+. The van der Waals surface area contributed by atoms with E-state index in [1.54, 1.807) is 6.20 Å². The Morgan fingerprint density at radius 3 is 2.95 bits per heavy atom. The minimum Gasteiger partial charge on any atom is -0.486 e. The van der Waals surface area contributed by atoms with Gasteiger partial charge in [0, 0.05) is 6.20 Å². The van der Waals surface area contributed by atoms with Crippen molar-refractivity contribution in [3.63, 3.8) is 0 Å². The van der Waals surface area contributed by atoms with Crippen LogP contribution in [0, 0.1) is 0 Å². The predicted octanol–water partition coefficient (Wildman–Crippen LogP) is 3.71. The fourth-order valence-electron chi connectivity index (χ4n) is 1.86. The van der Waals surface area contributed by atoms with Crippen LogP contribution in [0.4, 0.5) is 4.39 Å². The first-order valence-corrected chi connectivity index (χ1v) is 7.01. The largest absolute Gasteiger partial charge is 0.486 e. The first-order valence-electron chi connectivity index (χ1n) is 7.01. The van der Waals surface area contributed by atoms with Crippen LogP contribution in [0.5, 0.6) is 5.75 Å². The fourth-order valence-corrected chi connectivity index (χ4v) is 1.86. The molecule has 2 heterocycles. The third-order valence-electron chi connectivity index (χ3n) is 3.16. The van der Waals surface area contributed by atoms with E-state index < -0.39 is 0 Å². The highest BCUT2D eigenvalue weighted by atomic mass is 19.1. The Kier molecular flexibility index (Phi) is 5.09. The number of imidazole rings is 1. The fraction of sp³-hybridized carbons (Fsp3) is 0.467. The van der Waals surface area contributed by atoms with E-state index in [1.807, 2.05) is 23.7 Å². The first-order chi connectivity index (χ1) is 9.76. The third kappa shape index (κ3) is 3.56. The molecular formula is C15H20FN3O. The molecule has 0 aromatic carbocycles. The van der Waals surface area contributed by atoms with Gasteiger partial charge >= 0.3 is 0 Å². The molecule has 2 aromatic heterocycles. The molecule has 5 heteroatoms. The lowest BCUT2D eigenvalue weighted by Gasteiger charge is -2.06. The van der Waals surface area contributed by atoms with E-state index in [2.05, 4.69) is 16.9 Å². The van der Waals surface area contributed by atoms with Gasteiger partial charge in [-0.1, -0.05) is 20.3 Å². The van der Waals surface area contributed by atoms with Gasteiger partial charge in [-0.05, 0) is 24.8 Å². The number of nitrogens with zero attached hydrogens (tertiary/aromatic N) is 3. The molecule has 0 fully saturated rings. The van der Waals surface area contributed by atoms with Gasteiger partial charge in [-0.2, -0.15) is 0 Å². The van der Waals surface area contributed by atoms with Gasteiger partial charge < -0.3 is 4.74 Å². The van der Waals surface area contributed by atoms with E-state index in [4.69, 9.17) is 4.74 Å². The molecule has 2 aromatic rings. The van der Waals surface area contributed by atoms with Crippen molar-refractivity contribution >= 4 is 5.78 Å². The molecule has 0 spiro atoms. The zero-order valence-electron chi connectivity index (χ0n) is 12.0. The lowest BCUT2D eigenvalue weighted by molar-refractivity contribution is 0.342. The maximum atomic E-state index is 12.5. The molecule has 108 valence electrons. The van der Waals surface area contributed by atoms with Crippen LogP contribution in [-0.2, 0) is 6.42 Å². The van der Waals surface area contributed by atoms with Gasteiger partial charge in [0.05, 0.1) is 24.4 Å². The minimum absolute atomic E-state index is 0.248. The number of halogens is 1. The molecule has 0 unspecified atom stereocenters. The molecule has 20 heavy (non-hydrogen) atoms. The number of unbranched alkanes of at least 4 members (excludes halogenated alkanes) is 1. The minimum atomic E-state index is 0.248. The lowest BCUT2D eigenvalue weighted by atomic mass is 10.2. The second-order valence-electron chi connectivity index (χ2n) is 4.74. The van der Waals surface area contributed by atoms with Gasteiger partial charge in [-0.25, -0.2) is 14.4 Å². The molecule has 0 bridgehead atoms. The van der Waals surface area contributed by atoms with E-state index in [-0.39, 0.29) is 6.61 Å². The van der Waals surface area contributed by atoms with E-state index in [0.717, 1.165) is 25.0 Å². The van der Waals surface area contributed by atoms with Crippen molar-refractivity contribution in [2.24, 2.45) is 0 Å². The Hall–Kier alpha value is -1.91. The highest BCUT2D eigenvalue weighted by molar-refractivity contribution is 5.33. The number of ether oxygens (including phenoxy) is 1. The zero-order valence-corrected chi connectivity index (χ0v) is 12.0. The molecule has 0 aliphatic heterocycles. The Bertz CT molecular complexity index is 592. The Morgan fingerprint density at radius 2 is 2.25 bits per heavy atom. The van der Waals surface area contributed by atoms with Gasteiger partial charge in [0.1, 0.15) is 6.61 Å². The van der Waals surface area contributed by atoms with Gasteiger partial charge in [0.15, 0.2) is 5.75 Å². The number of hydrogen-bond acceptors (Lipinski definition) is 3. The summed E-state index contributed by atoms with van der Waals surface area (Å²) in [5, 5.41) is 0. The smallest absolute Gasteiger partial charge is 0.234 e. The molecule has 0 amide bonds. The molecule has 0 N–H and O–H groups in total. The molecule has 2 rings (SSSR count). The van der Waals surface area contributed by atoms with Crippen LogP contribution in [0.3, 0.4) is 0 Å². The molecular weight excluding hydrogens is 257 g/mol. The highest BCUT2D eigenvalue weighted by Crippen LogP contribution is 2.14. The van der Waals surface area contributed by atoms with Crippen LogP contribution in [0.25, 0.3) is 5.78 Å². The molecule has 0 aliphatic rings. The monoisotopic (exact) mass is 277 g/mol. The molecule has 0 saturated carbocycles. The van der Waals surface area contributed by atoms with Crippen molar-refractivity contribution in [1.82, 2.24) is 14.4 Å². The van der Waals surface area contributed by atoms with E-state index in [9.17, 15) is 4.39 Å². The SMILES string of the molecule is CCCCc1cn2cc(OC/C(=C/F)CC)cnc2n1. The Balaban J connectivity index is 2.08. The van der Waals surface area contributed by atoms with E-state index in [1.165, 1.54) is 0 Å². The molecule has 0 radical (unpaired) electrons. The van der Waals surface area contributed by atoms with Crippen LogP contribution in [0.15, 0.2) is 30.5 Å². The zero-order chi connectivity index (χ0) is 14.4. The lowest BCUT2D eigenvalue weighted by Crippen LogP contribution is -2.01. The topological polar surface area (TPSA) is 39.4 Å². The highest BCUT2D eigenvalue weighted by Gasteiger charge is 2.05. The summed E-state index contributed by atoms with van der Waals surface area (Å²) in [7, 11) is 0. The summed E-state index contributed by atoms with van der Waals surface area (Å²) < 4.78 is 19.8. The van der Waals surface area contributed by atoms with Crippen molar-refractivity contribution < 1.29 is 9.13 Å². The van der Waals surface area contributed by atoms with Crippen molar-refractivity contribution in [2.45, 2.75) is 39.5 Å². The van der Waals surface area contributed by atoms with Crippen LogP contribution in [-0.4, -0.2) is 21.0 Å². The molecule has 4 nitrogen and oxygen atoms in total. The van der Waals surface area contributed by atoms with E-state index >= 15 is 0 Å². The number of fused-ring (bicyclic) bond motifs is 1. The van der Waals surface area contributed by atoms with Crippen LogP contribution in [0.2, 0.25) is 0 Å². The quantitative estimate of drug-likeness (QED) is 0.774. The van der Waals surface area contributed by atoms with Gasteiger partial charge in [0.25, 0.3) is 0 Å². The molecule has 0 aliphatic carbocycles. The van der Waals surface area contributed by atoms with Gasteiger partial charge in [0.2, 0.25) is 5.78 Å². The summed E-state index contributed by atoms with van der Waals surface area (Å²) in [6, 6.07) is 0. The first kappa shape index (κ1) is 14.5. The third-order valence-corrected chi connectivity index (χ3v) is 3.16. The number of rotatable bonds is 7. The average Bonchev–Trinajstić information content (AvgIpc) is 2.88. The molecule has 0 atom stereocenters. The van der Waals surface area contributed by atoms with E-state index in [0.29, 0.717) is 29.9 Å².